The van der Waals surface area contributed by atoms with Crippen LogP contribution in [0.2, 0.25) is 0 Å². The Morgan fingerprint density at radius 3 is 2.52 bits per heavy atom. The second kappa shape index (κ2) is 7.00. The number of amides is 1. The van der Waals surface area contributed by atoms with Crippen LogP contribution in [0.4, 0.5) is 8.78 Å². The van der Waals surface area contributed by atoms with Gasteiger partial charge in [0, 0.05) is 39.0 Å². The summed E-state index contributed by atoms with van der Waals surface area (Å²) in [5.41, 5.74) is 1.09. The Bertz CT molecular complexity index is 628. The summed E-state index contributed by atoms with van der Waals surface area (Å²) in [4.78, 5) is 16.1. The van der Waals surface area contributed by atoms with Gasteiger partial charge in [0.15, 0.2) is 0 Å². The minimum absolute atomic E-state index is 0.00963. The highest BCUT2D eigenvalue weighted by atomic mass is 19.3. The number of aliphatic hydroxyl groups is 1. The summed E-state index contributed by atoms with van der Waals surface area (Å²) in [5.74, 6) is -2.57. The van der Waals surface area contributed by atoms with Gasteiger partial charge in [-0.3, -0.25) is 9.69 Å². The van der Waals surface area contributed by atoms with Crippen LogP contribution in [0.3, 0.4) is 0 Å². The van der Waals surface area contributed by atoms with Crippen molar-refractivity contribution in [3.8, 4) is 0 Å². The molecule has 138 valence electrons. The number of piperidine rings is 1. The van der Waals surface area contributed by atoms with Crippen LogP contribution in [0.25, 0.3) is 0 Å². The molecule has 1 amide bonds. The van der Waals surface area contributed by atoms with Crippen molar-refractivity contribution in [2.24, 2.45) is 0 Å². The average Bonchev–Trinajstić information content (AvgIpc) is 2.94. The predicted octanol–water partition coefficient (Wildman–Crippen LogP) is 2.23. The van der Waals surface area contributed by atoms with Gasteiger partial charge in [0.1, 0.15) is 0 Å². The van der Waals surface area contributed by atoms with Crippen LogP contribution >= 0.6 is 0 Å². The first-order chi connectivity index (χ1) is 11.8. The van der Waals surface area contributed by atoms with Gasteiger partial charge in [0.2, 0.25) is 5.91 Å². The van der Waals surface area contributed by atoms with Crippen molar-refractivity contribution in [3.63, 3.8) is 0 Å². The van der Waals surface area contributed by atoms with Crippen LogP contribution in [-0.2, 0) is 11.2 Å². The lowest BCUT2D eigenvalue weighted by Crippen LogP contribution is -2.49. The standard InChI is InChI=1S/C19H26F2N2O2/c1-15-4-2-3-5-16(15)12-17(24)23-11-6-18(25,14-23)13-22-9-7-19(20,21)8-10-22/h2-5,25H,6-14H2,1H3. The molecule has 3 rings (SSSR count). The molecule has 0 aromatic heterocycles. The first kappa shape index (κ1) is 18.3. The maximum atomic E-state index is 13.3. The van der Waals surface area contributed by atoms with Gasteiger partial charge < -0.3 is 10.0 Å². The highest BCUT2D eigenvalue weighted by molar-refractivity contribution is 5.79. The van der Waals surface area contributed by atoms with Crippen molar-refractivity contribution in [1.29, 1.82) is 0 Å². The van der Waals surface area contributed by atoms with Crippen molar-refractivity contribution >= 4 is 5.91 Å². The first-order valence-corrected chi connectivity index (χ1v) is 8.91. The van der Waals surface area contributed by atoms with Gasteiger partial charge in [-0.1, -0.05) is 24.3 Å². The molecule has 0 radical (unpaired) electrons. The molecule has 25 heavy (non-hydrogen) atoms. The minimum atomic E-state index is -2.58. The number of hydrogen-bond acceptors (Lipinski definition) is 3. The summed E-state index contributed by atoms with van der Waals surface area (Å²) < 4.78 is 26.5. The molecule has 1 atom stereocenters. The number of benzene rings is 1. The Labute approximate surface area is 147 Å². The number of carbonyl (C=O) groups is 1. The zero-order chi connectivity index (χ0) is 18.1. The predicted molar refractivity (Wildman–Crippen MR) is 91.7 cm³/mol. The average molecular weight is 352 g/mol. The summed E-state index contributed by atoms with van der Waals surface area (Å²) >= 11 is 0. The van der Waals surface area contributed by atoms with Gasteiger partial charge in [0.05, 0.1) is 18.6 Å². The van der Waals surface area contributed by atoms with Gasteiger partial charge in [-0.2, -0.15) is 0 Å². The van der Waals surface area contributed by atoms with Crippen molar-refractivity contribution in [2.45, 2.75) is 44.1 Å². The second-order valence-corrected chi connectivity index (χ2v) is 7.52. The fourth-order valence-corrected chi connectivity index (χ4v) is 3.74. The molecular weight excluding hydrogens is 326 g/mol. The van der Waals surface area contributed by atoms with E-state index in [9.17, 15) is 18.7 Å². The second-order valence-electron chi connectivity index (χ2n) is 7.52. The highest BCUT2D eigenvalue weighted by Crippen LogP contribution is 2.30. The number of hydrogen-bond donors (Lipinski definition) is 1. The Hall–Kier alpha value is -1.53. The molecular formula is C19H26F2N2O2. The molecule has 0 saturated carbocycles. The van der Waals surface area contributed by atoms with E-state index in [4.69, 9.17) is 0 Å². The van der Waals surface area contributed by atoms with Crippen molar-refractivity contribution < 1.29 is 18.7 Å². The fraction of sp³-hybridized carbons (Fsp3) is 0.632. The van der Waals surface area contributed by atoms with Crippen molar-refractivity contribution in [3.05, 3.63) is 35.4 Å². The molecule has 1 aromatic rings. The molecule has 1 unspecified atom stereocenters. The van der Waals surface area contributed by atoms with E-state index in [2.05, 4.69) is 0 Å². The molecule has 0 aliphatic carbocycles. The Morgan fingerprint density at radius 2 is 1.84 bits per heavy atom. The first-order valence-electron chi connectivity index (χ1n) is 8.91. The van der Waals surface area contributed by atoms with E-state index in [1.807, 2.05) is 36.1 Å². The quantitative estimate of drug-likeness (QED) is 0.904. The lowest BCUT2D eigenvalue weighted by Gasteiger charge is -2.36. The van der Waals surface area contributed by atoms with Gasteiger partial charge in [-0.15, -0.1) is 0 Å². The Balaban J connectivity index is 1.53. The summed E-state index contributed by atoms with van der Waals surface area (Å²) in [5, 5.41) is 10.8. The van der Waals surface area contributed by atoms with E-state index >= 15 is 0 Å². The number of aryl methyl sites for hydroxylation is 1. The van der Waals surface area contributed by atoms with E-state index in [0.29, 0.717) is 39.0 Å². The smallest absolute Gasteiger partial charge is 0.250 e. The topological polar surface area (TPSA) is 43.8 Å². The molecule has 4 nitrogen and oxygen atoms in total. The number of halogens is 2. The number of likely N-dealkylation sites (tertiary alicyclic amines) is 2. The molecule has 2 aliphatic heterocycles. The third-order valence-corrected chi connectivity index (χ3v) is 5.39. The molecule has 2 heterocycles. The lowest BCUT2D eigenvalue weighted by atomic mass is 9.99. The number of rotatable bonds is 4. The number of β-amino-alcohol motifs (C(OH)–C–C–N with tert-alkyl or cyclic N) is 1. The van der Waals surface area contributed by atoms with E-state index in [1.165, 1.54) is 0 Å². The van der Waals surface area contributed by atoms with Crippen molar-refractivity contribution in [2.75, 3.05) is 32.7 Å². The summed E-state index contributed by atoms with van der Waals surface area (Å²) in [6.07, 6.45) is 0.524. The van der Waals surface area contributed by atoms with E-state index in [-0.39, 0.29) is 25.3 Å². The Kier molecular flexibility index (Phi) is 5.11. The maximum Gasteiger partial charge on any atom is 0.250 e. The van der Waals surface area contributed by atoms with Crippen LogP contribution in [0.1, 0.15) is 30.4 Å². The van der Waals surface area contributed by atoms with Crippen LogP contribution in [-0.4, -0.2) is 65.1 Å². The molecule has 2 fully saturated rings. The van der Waals surface area contributed by atoms with Gasteiger partial charge in [-0.25, -0.2) is 8.78 Å². The summed E-state index contributed by atoms with van der Waals surface area (Å²) in [6.45, 7) is 3.74. The van der Waals surface area contributed by atoms with Crippen LogP contribution in [0.5, 0.6) is 0 Å². The van der Waals surface area contributed by atoms with Crippen LogP contribution in [0, 0.1) is 6.92 Å². The largest absolute Gasteiger partial charge is 0.387 e. The van der Waals surface area contributed by atoms with Crippen molar-refractivity contribution in [1.82, 2.24) is 9.80 Å². The molecule has 6 heteroatoms. The zero-order valence-electron chi connectivity index (χ0n) is 14.7. The molecule has 2 saturated heterocycles. The zero-order valence-corrected chi connectivity index (χ0v) is 14.7. The van der Waals surface area contributed by atoms with Gasteiger partial charge in [0.25, 0.3) is 5.92 Å². The van der Waals surface area contributed by atoms with Crippen LogP contribution in [0.15, 0.2) is 24.3 Å². The van der Waals surface area contributed by atoms with E-state index in [0.717, 1.165) is 11.1 Å². The number of carbonyl (C=O) groups excluding carboxylic acids is 1. The molecule has 0 spiro atoms. The third kappa shape index (κ3) is 4.55. The molecule has 1 N–H and O–H groups in total. The van der Waals surface area contributed by atoms with E-state index in [1.54, 1.807) is 4.90 Å². The normalized spacial score (nSPS) is 26.8. The summed E-state index contributed by atoms with van der Waals surface area (Å²) in [7, 11) is 0. The third-order valence-electron chi connectivity index (χ3n) is 5.39. The number of nitrogens with zero attached hydrogens (tertiary/aromatic N) is 2. The van der Waals surface area contributed by atoms with Crippen LogP contribution < -0.4 is 0 Å². The highest BCUT2D eigenvalue weighted by Gasteiger charge is 2.42. The van der Waals surface area contributed by atoms with E-state index < -0.39 is 11.5 Å². The lowest BCUT2D eigenvalue weighted by molar-refractivity contribution is -0.130. The molecule has 1 aromatic carbocycles. The maximum absolute atomic E-state index is 13.3. The minimum Gasteiger partial charge on any atom is -0.387 e. The monoisotopic (exact) mass is 352 g/mol. The number of alkyl halides is 2. The SMILES string of the molecule is Cc1ccccc1CC(=O)N1CCC(O)(CN2CCC(F)(F)CC2)C1. The Morgan fingerprint density at radius 1 is 1.16 bits per heavy atom. The molecule has 0 bridgehead atoms. The van der Waals surface area contributed by atoms with Gasteiger partial charge >= 0.3 is 0 Å². The van der Waals surface area contributed by atoms with Gasteiger partial charge in [-0.05, 0) is 24.5 Å². The summed E-state index contributed by atoms with van der Waals surface area (Å²) in [6, 6.07) is 7.79. The molecule has 2 aliphatic rings. The fourth-order valence-electron chi connectivity index (χ4n) is 3.74.